The summed E-state index contributed by atoms with van der Waals surface area (Å²) in [5.74, 6) is 1.29. The van der Waals surface area contributed by atoms with Gasteiger partial charge in [0.1, 0.15) is 17.5 Å². The van der Waals surface area contributed by atoms with Crippen molar-refractivity contribution in [3.05, 3.63) is 59.7 Å². The molecule has 0 aliphatic heterocycles. The highest BCUT2D eigenvalue weighted by atomic mass is 16.5. The van der Waals surface area contributed by atoms with E-state index in [4.69, 9.17) is 9.47 Å². The molecule has 0 spiro atoms. The Morgan fingerprint density at radius 3 is 2.36 bits per heavy atom. The minimum atomic E-state index is -0.596. The first-order valence-electron chi connectivity index (χ1n) is 11.7. The third kappa shape index (κ3) is 7.52. The van der Waals surface area contributed by atoms with Crippen LogP contribution in [0, 0.1) is 0 Å². The van der Waals surface area contributed by atoms with Crippen molar-refractivity contribution in [3.63, 3.8) is 0 Å². The summed E-state index contributed by atoms with van der Waals surface area (Å²) in [5, 5.41) is 3.02. The fourth-order valence-electron chi connectivity index (χ4n) is 3.64. The number of rotatable bonds is 12. The Morgan fingerprint density at radius 2 is 1.73 bits per heavy atom. The van der Waals surface area contributed by atoms with E-state index in [-0.39, 0.29) is 36.9 Å². The Morgan fingerprint density at radius 1 is 1.00 bits per heavy atom. The van der Waals surface area contributed by atoms with Gasteiger partial charge in [-0.15, -0.1) is 0 Å². The number of ether oxygens (including phenoxy) is 2. The van der Waals surface area contributed by atoms with E-state index in [2.05, 4.69) is 19.2 Å². The van der Waals surface area contributed by atoms with Gasteiger partial charge in [0.25, 0.3) is 5.91 Å². The van der Waals surface area contributed by atoms with Crippen LogP contribution in [0.2, 0.25) is 0 Å². The van der Waals surface area contributed by atoms with Crippen molar-refractivity contribution in [2.75, 3.05) is 13.7 Å². The topological polar surface area (TPSA) is 67.9 Å². The fourth-order valence-corrected chi connectivity index (χ4v) is 3.64. The maximum absolute atomic E-state index is 13.4. The Hall–Kier alpha value is -3.02. The van der Waals surface area contributed by atoms with Crippen LogP contribution in [0.1, 0.15) is 64.5 Å². The minimum Gasteiger partial charge on any atom is -0.497 e. The van der Waals surface area contributed by atoms with Gasteiger partial charge < -0.3 is 19.7 Å². The molecule has 2 aromatic carbocycles. The molecule has 6 heteroatoms. The second kappa shape index (κ2) is 12.9. The van der Waals surface area contributed by atoms with E-state index in [1.54, 1.807) is 12.0 Å². The fraction of sp³-hybridized carbons (Fsp3) is 0.481. The molecule has 0 fully saturated rings. The number of methoxy groups -OCH3 is 1. The molecule has 1 N–H and O–H groups in total. The van der Waals surface area contributed by atoms with Gasteiger partial charge >= 0.3 is 0 Å². The standard InChI is InChI=1S/C27H38N2O4/c1-7-20(5)28-27(31)24(8-2)29(17-21-12-11-13-22(16-21)32-6)26(30)18-33-25-15-10-9-14-23(25)19(3)4/h9-16,19-20,24H,7-8,17-18H2,1-6H3,(H,28,31)/t20-,24-/m0/s1. The van der Waals surface area contributed by atoms with E-state index in [0.717, 1.165) is 17.5 Å². The number of hydrogen-bond acceptors (Lipinski definition) is 4. The van der Waals surface area contributed by atoms with Crippen LogP contribution in [0.4, 0.5) is 0 Å². The van der Waals surface area contributed by atoms with Gasteiger partial charge in [0.2, 0.25) is 5.91 Å². The summed E-state index contributed by atoms with van der Waals surface area (Å²) in [6.07, 6.45) is 1.32. The summed E-state index contributed by atoms with van der Waals surface area (Å²) >= 11 is 0. The lowest BCUT2D eigenvalue weighted by Gasteiger charge is -2.31. The maximum Gasteiger partial charge on any atom is 0.261 e. The summed E-state index contributed by atoms with van der Waals surface area (Å²) in [6, 6.07) is 14.7. The lowest BCUT2D eigenvalue weighted by atomic mass is 10.0. The molecule has 2 amide bonds. The van der Waals surface area contributed by atoms with E-state index in [1.807, 2.05) is 69.3 Å². The Bertz CT molecular complexity index is 912. The average Bonchev–Trinajstić information content (AvgIpc) is 2.82. The van der Waals surface area contributed by atoms with Crippen molar-refractivity contribution in [1.29, 1.82) is 0 Å². The molecule has 0 radical (unpaired) electrons. The molecule has 0 heterocycles. The van der Waals surface area contributed by atoms with E-state index in [1.165, 1.54) is 0 Å². The van der Waals surface area contributed by atoms with E-state index in [0.29, 0.717) is 17.9 Å². The number of carbonyl (C=O) groups excluding carboxylic acids is 2. The number of benzene rings is 2. The van der Waals surface area contributed by atoms with Crippen molar-refractivity contribution in [2.45, 2.75) is 72.0 Å². The van der Waals surface area contributed by atoms with Crippen LogP contribution < -0.4 is 14.8 Å². The van der Waals surface area contributed by atoms with Crippen molar-refractivity contribution >= 4 is 11.8 Å². The van der Waals surface area contributed by atoms with Crippen molar-refractivity contribution in [1.82, 2.24) is 10.2 Å². The van der Waals surface area contributed by atoms with Crippen molar-refractivity contribution < 1.29 is 19.1 Å². The summed E-state index contributed by atoms with van der Waals surface area (Å²) in [4.78, 5) is 28.1. The number of hydrogen-bond donors (Lipinski definition) is 1. The zero-order valence-electron chi connectivity index (χ0n) is 20.8. The number of carbonyl (C=O) groups is 2. The normalized spacial score (nSPS) is 12.7. The molecule has 33 heavy (non-hydrogen) atoms. The van der Waals surface area contributed by atoms with Crippen LogP contribution in [0.3, 0.4) is 0 Å². The number of amides is 2. The molecule has 0 saturated carbocycles. The van der Waals surface area contributed by atoms with Gasteiger partial charge in [-0.05, 0) is 55.0 Å². The lowest BCUT2D eigenvalue weighted by molar-refractivity contribution is -0.143. The monoisotopic (exact) mass is 454 g/mol. The van der Waals surface area contributed by atoms with Gasteiger partial charge in [0.05, 0.1) is 7.11 Å². The predicted octanol–water partition coefficient (Wildman–Crippen LogP) is 4.92. The van der Waals surface area contributed by atoms with Crippen LogP contribution in [-0.4, -0.2) is 42.5 Å². The average molecular weight is 455 g/mol. The Labute approximate surface area is 198 Å². The first kappa shape index (κ1) is 26.2. The van der Waals surface area contributed by atoms with Gasteiger partial charge in [-0.2, -0.15) is 0 Å². The van der Waals surface area contributed by atoms with E-state index < -0.39 is 6.04 Å². The number of para-hydroxylation sites is 1. The molecule has 180 valence electrons. The first-order chi connectivity index (χ1) is 15.8. The van der Waals surface area contributed by atoms with Crippen LogP contribution in [-0.2, 0) is 16.1 Å². The molecule has 6 nitrogen and oxygen atoms in total. The van der Waals surface area contributed by atoms with Crippen molar-refractivity contribution in [2.24, 2.45) is 0 Å². The highest BCUT2D eigenvalue weighted by molar-refractivity contribution is 5.88. The molecular weight excluding hydrogens is 416 g/mol. The second-order valence-electron chi connectivity index (χ2n) is 8.60. The molecule has 0 unspecified atom stereocenters. The quantitative estimate of drug-likeness (QED) is 0.494. The van der Waals surface area contributed by atoms with Gasteiger partial charge in [-0.1, -0.05) is 58.0 Å². The highest BCUT2D eigenvalue weighted by Crippen LogP contribution is 2.26. The van der Waals surface area contributed by atoms with Crippen LogP contribution in [0.25, 0.3) is 0 Å². The van der Waals surface area contributed by atoms with Crippen molar-refractivity contribution in [3.8, 4) is 11.5 Å². The molecule has 0 aromatic heterocycles. The van der Waals surface area contributed by atoms with Crippen LogP contribution >= 0.6 is 0 Å². The molecule has 2 aromatic rings. The second-order valence-corrected chi connectivity index (χ2v) is 8.60. The third-order valence-electron chi connectivity index (χ3n) is 5.77. The summed E-state index contributed by atoms with van der Waals surface area (Å²) in [7, 11) is 1.61. The largest absolute Gasteiger partial charge is 0.497 e. The molecular formula is C27H38N2O4. The Kier molecular flexibility index (Phi) is 10.2. The predicted molar refractivity (Wildman–Crippen MR) is 132 cm³/mol. The summed E-state index contributed by atoms with van der Waals surface area (Å²) in [5.41, 5.74) is 1.94. The van der Waals surface area contributed by atoms with Gasteiger partial charge in [-0.25, -0.2) is 0 Å². The highest BCUT2D eigenvalue weighted by Gasteiger charge is 2.29. The zero-order valence-corrected chi connectivity index (χ0v) is 20.8. The summed E-state index contributed by atoms with van der Waals surface area (Å²) < 4.78 is 11.3. The molecule has 2 atom stereocenters. The summed E-state index contributed by atoms with van der Waals surface area (Å²) in [6.45, 7) is 10.2. The molecule has 0 bridgehead atoms. The van der Waals surface area contributed by atoms with Gasteiger partial charge in [0, 0.05) is 12.6 Å². The zero-order chi connectivity index (χ0) is 24.4. The SMILES string of the molecule is CC[C@H](C)NC(=O)[C@H](CC)N(Cc1cccc(OC)c1)C(=O)COc1ccccc1C(C)C. The minimum absolute atomic E-state index is 0.0366. The van der Waals surface area contributed by atoms with Crippen LogP contribution in [0.15, 0.2) is 48.5 Å². The third-order valence-corrected chi connectivity index (χ3v) is 5.77. The molecule has 0 saturated heterocycles. The molecule has 2 rings (SSSR count). The maximum atomic E-state index is 13.4. The van der Waals surface area contributed by atoms with E-state index in [9.17, 15) is 9.59 Å². The number of nitrogens with zero attached hydrogens (tertiary/aromatic N) is 1. The number of nitrogens with one attached hydrogen (secondary N) is 1. The van der Waals surface area contributed by atoms with Gasteiger partial charge in [-0.3, -0.25) is 9.59 Å². The smallest absolute Gasteiger partial charge is 0.261 e. The molecule has 0 aliphatic rings. The van der Waals surface area contributed by atoms with Crippen LogP contribution in [0.5, 0.6) is 11.5 Å². The lowest BCUT2D eigenvalue weighted by Crippen LogP contribution is -2.51. The first-order valence-corrected chi connectivity index (χ1v) is 11.7. The molecule has 0 aliphatic carbocycles. The Balaban J connectivity index is 2.28. The van der Waals surface area contributed by atoms with Gasteiger partial charge in [0.15, 0.2) is 6.61 Å². The van der Waals surface area contributed by atoms with E-state index >= 15 is 0 Å².